The van der Waals surface area contributed by atoms with E-state index in [0.29, 0.717) is 0 Å². The summed E-state index contributed by atoms with van der Waals surface area (Å²) in [6, 6.07) is 114. The van der Waals surface area contributed by atoms with Crippen LogP contribution in [0, 0.1) is 6.07 Å². The smallest absolute Gasteiger partial charge is 0.0239 e. The number of benzene rings is 12. The summed E-state index contributed by atoms with van der Waals surface area (Å²) in [6.45, 7) is 6.69. The van der Waals surface area contributed by atoms with Crippen LogP contribution in [-0.2, 0) is 25.5 Å². The van der Waals surface area contributed by atoms with Crippen LogP contribution in [0.2, 0.25) is 0 Å². The Labute approximate surface area is 502 Å². The van der Waals surface area contributed by atoms with Gasteiger partial charge in [0.15, 0.2) is 0 Å². The molecule has 0 unspecified atom stereocenters. The standard InChI is InChI=1S/C81H60N.Ir/c1-81(2,3)73-52-49-65(50-53-73)74-54-51-72(55-82-74)64-37-47-71(48-38-64)77-75(66-27-17-8-18-28-66)76(67-39-29-60(30-40-67)56-19-9-4-10-20-56)78(68-41-31-61(32-42-68)57-21-11-5-12-22-57)80(70-45-35-63(36-46-70)59-25-15-7-16-26-59)79(77)69-43-33-62(34-44-69)58-23-13-6-14-24-58;/h4-49,51-55H,1-3H3;/q-1;. The Kier molecular flexibility index (Phi) is 15.5. The van der Waals surface area contributed by atoms with Gasteiger partial charge in [-0.1, -0.05) is 306 Å². The topological polar surface area (TPSA) is 12.9 Å². The Balaban J connectivity index is 0.00000680. The average molecular weight is 1240 g/mol. The quantitative estimate of drug-likeness (QED) is 0.111. The molecule has 13 aromatic rings. The summed E-state index contributed by atoms with van der Waals surface area (Å²) < 4.78 is 0. The van der Waals surface area contributed by atoms with Crippen molar-refractivity contribution >= 4 is 0 Å². The van der Waals surface area contributed by atoms with Crippen LogP contribution in [0.25, 0.3) is 134 Å². The molecule has 0 saturated carbocycles. The fourth-order valence-electron chi connectivity index (χ4n) is 11.5. The largest absolute Gasteiger partial charge is 0.304 e. The second-order valence-corrected chi connectivity index (χ2v) is 22.1. The zero-order valence-electron chi connectivity index (χ0n) is 46.7. The fourth-order valence-corrected chi connectivity index (χ4v) is 11.5. The molecule has 0 aliphatic carbocycles. The minimum atomic E-state index is 0. The van der Waals surface area contributed by atoms with E-state index >= 15 is 0 Å². The van der Waals surface area contributed by atoms with E-state index in [1.807, 2.05) is 6.20 Å². The van der Waals surface area contributed by atoms with Crippen molar-refractivity contribution in [3.05, 3.63) is 321 Å². The van der Waals surface area contributed by atoms with Gasteiger partial charge in [-0.05, 0) is 134 Å². The van der Waals surface area contributed by atoms with Crippen LogP contribution < -0.4 is 0 Å². The Morgan fingerprint density at radius 2 is 0.470 bits per heavy atom. The van der Waals surface area contributed by atoms with E-state index in [2.05, 4.69) is 330 Å². The first-order chi connectivity index (χ1) is 40.3. The molecule has 0 bridgehead atoms. The Bertz CT molecular complexity index is 4270. The van der Waals surface area contributed by atoms with Gasteiger partial charge in [0.1, 0.15) is 0 Å². The van der Waals surface area contributed by atoms with E-state index in [4.69, 9.17) is 4.98 Å². The maximum Gasteiger partial charge on any atom is 0.0239 e. The third-order valence-corrected chi connectivity index (χ3v) is 15.9. The van der Waals surface area contributed by atoms with Gasteiger partial charge in [-0.15, -0.1) is 35.4 Å². The molecule has 13 rings (SSSR count). The minimum Gasteiger partial charge on any atom is -0.304 e. The first-order valence-electron chi connectivity index (χ1n) is 28.3. The molecule has 1 aromatic heterocycles. The van der Waals surface area contributed by atoms with E-state index in [0.717, 1.165) is 89.1 Å². The molecule has 0 aliphatic rings. The van der Waals surface area contributed by atoms with Crippen molar-refractivity contribution in [1.29, 1.82) is 0 Å². The number of aromatic nitrogens is 1. The fraction of sp³-hybridized carbons (Fsp3) is 0.0494. The number of pyridine rings is 1. The van der Waals surface area contributed by atoms with Crippen molar-refractivity contribution in [3.63, 3.8) is 0 Å². The van der Waals surface area contributed by atoms with Gasteiger partial charge in [0, 0.05) is 26.3 Å². The minimum absolute atomic E-state index is 0. The molecule has 0 amide bonds. The molecule has 2 heteroatoms. The summed E-state index contributed by atoms with van der Waals surface area (Å²) in [6.07, 6.45) is 2.00. The van der Waals surface area contributed by atoms with Gasteiger partial charge >= 0.3 is 0 Å². The van der Waals surface area contributed by atoms with Crippen molar-refractivity contribution in [1.82, 2.24) is 4.98 Å². The van der Waals surface area contributed by atoms with Crippen molar-refractivity contribution in [2.24, 2.45) is 0 Å². The molecular weight excluding hydrogens is 1180 g/mol. The summed E-state index contributed by atoms with van der Waals surface area (Å²) >= 11 is 0. The zero-order valence-corrected chi connectivity index (χ0v) is 49.1. The van der Waals surface area contributed by atoms with Crippen molar-refractivity contribution < 1.29 is 20.1 Å². The molecular formula is C81H60IrN-. The zero-order chi connectivity index (χ0) is 55.4. The van der Waals surface area contributed by atoms with Gasteiger partial charge in [0.2, 0.25) is 0 Å². The monoisotopic (exact) mass is 1240 g/mol. The third kappa shape index (κ3) is 11.3. The van der Waals surface area contributed by atoms with Crippen LogP contribution in [0.4, 0.5) is 0 Å². The van der Waals surface area contributed by atoms with E-state index in [1.165, 1.54) is 50.1 Å². The second-order valence-electron chi connectivity index (χ2n) is 22.1. The van der Waals surface area contributed by atoms with Crippen LogP contribution >= 0.6 is 0 Å². The summed E-state index contributed by atoms with van der Waals surface area (Å²) in [7, 11) is 0. The molecule has 0 atom stereocenters. The number of hydrogen-bond acceptors (Lipinski definition) is 1. The first-order valence-corrected chi connectivity index (χ1v) is 28.3. The molecule has 0 N–H and O–H groups in total. The van der Waals surface area contributed by atoms with Crippen LogP contribution in [0.5, 0.6) is 0 Å². The van der Waals surface area contributed by atoms with Crippen molar-refractivity contribution in [2.45, 2.75) is 26.2 Å². The van der Waals surface area contributed by atoms with Gasteiger partial charge in [0.05, 0.1) is 0 Å². The van der Waals surface area contributed by atoms with Gasteiger partial charge in [-0.2, -0.15) is 0 Å². The van der Waals surface area contributed by atoms with E-state index in [-0.39, 0.29) is 25.5 Å². The summed E-state index contributed by atoms with van der Waals surface area (Å²) in [5.74, 6) is 0. The molecule has 12 aromatic carbocycles. The average Bonchev–Trinajstić information content (AvgIpc) is 1.58. The van der Waals surface area contributed by atoms with Gasteiger partial charge < -0.3 is 4.98 Å². The molecule has 83 heavy (non-hydrogen) atoms. The van der Waals surface area contributed by atoms with Crippen molar-refractivity contribution in [3.8, 4) is 134 Å². The van der Waals surface area contributed by atoms with Gasteiger partial charge in [-0.3, -0.25) is 0 Å². The number of nitrogens with zero attached hydrogens (tertiary/aromatic N) is 1. The molecule has 1 nitrogen and oxygen atoms in total. The van der Waals surface area contributed by atoms with Gasteiger partial charge in [-0.25, -0.2) is 0 Å². The van der Waals surface area contributed by atoms with Crippen LogP contribution in [0.1, 0.15) is 26.3 Å². The molecule has 0 aliphatic heterocycles. The summed E-state index contributed by atoms with van der Waals surface area (Å²) in [5, 5.41) is 0. The Morgan fingerprint density at radius 1 is 0.241 bits per heavy atom. The second kappa shape index (κ2) is 23.9. The van der Waals surface area contributed by atoms with E-state index < -0.39 is 0 Å². The first kappa shape index (κ1) is 54.0. The molecule has 0 spiro atoms. The van der Waals surface area contributed by atoms with Crippen LogP contribution in [0.15, 0.2) is 310 Å². The number of rotatable bonds is 12. The van der Waals surface area contributed by atoms with Crippen LogP contribution in [0.3, 0.4) is 0 Å². The summed E-state index contributed by atoms with van der Waals surface area (Å²) in [5.41, 5.74) is 28.4. The normalized spacial score (nSPS) is 11.2. The van der Waals surface area contributed by atoms with E-state index in [9.17, 15) is 0 Å². The molecule has 1 radical (unpaired) electrons. The van der Waals surface area contributed by atoms with Gasteiger partial charge in [0.25, 0.3) is 0 Å². The van der Waals surface area contributed by atoms with Crippen molar-refractivity contribution in [2.75, 3.05) is 0 Å². The summed E-state index contributed by atoms with van der Waals surface area (Å²) in [4.78, 5) is 5.01. The molecule has 399 valence electrons. The maximum atomic E-state index is 5.01. The Hall–Kier alpha value is -9.56. The molecule has 0 fully saturated rings. The maximum absolute atomic E-state index is 5.01. The predicted octanol–water partition coefficient (Wildman–Crippen LogP) is 22.2. The van der Waals surface area contributed by atoms with Crippen LogP contribution in [-0.4, -0.2) is 4.98 Å². The third-order valence-electron chi connectivity index (χ3n) is 15.9. The molecule has 0 saturated heterocycles. The van der Waals surface area contributed by atoms with E-state index in [1.54, 1.807) is 0 Å². The SMILES string of the molecule is CC(C)(C)c1c[c-]c(-c2ccc(-c3ccc(-c4c(-c5ccccc5)c(-c5ccc(-c6ccccc6)cc5)c(-c5ccc(-c6ccccc6)cc5)c(-c5ccc(-c6ccccc6)cc5)c4-c4ccc(-c5ccccc5)cc4)cc3)cn2)cc1.[Ir]. The predicted molar refractivity (Wildman–Crippen MR) is 347 cm³/mol. The number of hydrogen-bond donors (Lipinski definition) is 0. The Morgan fingerprint density at radius 3 is 0.711 bits per heavy atom. The molecule has 1 heterocycles.